The molecule has 0 aliphatic heterocycles. The Bertz CT molecular complexity index is 538. The minimum absolute atomic E-state index is 0.161. The number of aliphatic hydroxyl groups is 2. The smallest absolute Gasteiger partial charge is 0.338 e. The van der Waals surface area contributed by atoms with Crippen molar-refractivity contribution in [3.8, 4) is 11.8 Å². The van der Waals surface area contributed by atoms with Gasteiger partial charge in [-0.05, 0) is 48.9 Å². The van der Waals surface area contributed by atoms with E-state index >= 15 is 0 Å². The third-order valence-electron chi connectivity index (χ3n) is 3.35. The highest BCUT2D eigenvalue weighted by molar-refractivity contribution is 5.91. The van der Waals surface area contributed by atoms with Crippen LogP contribution in [0.4, 0.5) is 0 Å². The van der Waals surface area contributed by atoms with Gasteiger partial charge in [-0.3, -0.25) is 0 Å². The molecule has 0 aliphatic rings. The molecule has 1 aromatic rings. The number of unbranched alkanes of at least 4 members (excludes halogenated alkanes) is 2. The van der Waals surface area contributed by atoms with Crippen LogP contribution in [0.2, 0.25) is 0 Å². The number of carbonyl (C=O) groups is 1. The minimum atomic E-state index is -0.419. The summed E-state index contributed by atoms with van der Waals surface area (Å²) in [6.07, 6.45) is 3.42. The Morgan fingerprint density at radius 2 is 1.81 bits per heavy atom. The first-order valence-corrected chi connectivity index (χ1v) is 7.02. The van der Waals surface area contributed by atoms with Gasteiger partial charge in [0.1, 0.15) is 0 Å². The highest BCUT2D eigenvalue weighted by Gasteiger charge is 2.15. The van der Waals surface area contributed by atoms with Crippen molar-refractivity contribution in [1.82, 2.24) is 0 Å². The van der Waals surface area contributed by atoms with E-state index in [0.717, 1.165) is 24.8 Å². The zero-order chi connectivity index (χ0) is 15.7. The van der Waals surface area contributed by atoms with Gasteiger partial charge in [-0.2, -0.15) is 0 Å². The first-order chi connectivity index (χ1) is 10.2. The van der Waals surface area contributed by atoms with Crippen molar-refractivity contribution >= 4 is 5.97 Å². The summed E-state index contributed by atoms with van der Waals surface area (Å²) >= 11 is 0. The lowest BCUT2D eigenvalue weighted by Crippen LogP contribution is -2.09. The lowest BCUT2D eigenvalue weighted by atomic mass is 9.95. The van der Waals surface area contributed by atoms with Crippen molar-refractivity contribution in [3.05, 3.63) is 34.4 Å². The Morgan fingerprint density at radius 3 is 2.38 bits per heavy atom. The Hall–Kier alpha value is -1.83. The summed E-state index contributed by atoms with van der Waals surface area (Å²) in [4.78, 5) is 11.8. The van der Waals surface area contributed by atoms with E-state index in [1.807, 2.05) is 6.92 Å². The minimum Gasteiger partial charge on any atom is -0.465 e. The molecule has 0 bridgehead atoms. The Kier molecular flexibility index (Phi) is 7.52. The van der Waals surface area contributed by atoms with Crippen molar-refractivity contribution in [2.24, 2.45) is 0 Å². The van der Waals surface area contributed by atoms with E-state index < -0.39 is 5.97 Å². The number of rotatable bonds is 7. The molecule has 21 heavy (non-hydrogen) atoms. The predicted octanol–water partition coefficient (Wildman–Crippen LogP) is 2.19. The second-order valence-electron chi connectivity index (χ2n) is 4.72. The molecule has 114 valence electrons. The van der Waals surface area contributed by atoms with Gasteiger partial charge in [0.15, 0.2) is 0 Å². The van der Waals surface area contributed by atoms with E-state index in [9.17, 15) is 15.0 Å². The molecule has 4 nitrogen and oxygen atoms in total. The number of carbonyl (C=O) groups excluding carboxylic acids is 1. The molecule has 0 amide bonds. The van der Waals surface area contributed by atoms with Crippen LogP contribution in [0.5, 0.6) is 0 Å². The first-order valence-electron chi connectivity index (χ1n) is 7.02. The number of aliphatic hydroxyl groups excluding tert-OH is 2. The maximum atomic E-state index is 11.8. The zero-order valence-electron chi connectivity index (χ0n) is 12.6. The Labute approximate surface area is 125 Å². The average molecular weight is 290 g/mol. The SMILES string of the molecule is CC#CCCCCc1cc(CO)c(CO)cc1C(=O)OC. The summed E-state index contributed by atoms with van der Waals surface area (Å²) < 4.78 is 4.79. The first kappa shape index (κ1) is 17.2. The molecule has 0 spiro atoms. The van der Waals surface area contributed by atoms with Gasteiger partial charge in [-0.1, -0.05) is 6.07 Å². The van der Waals surface area contributed by atoms with Crippen molar-refractivity contribution < 1.29 is 19.7 Å². The molecule has 0 fully saturated rings. The van der Waals surface area contributed by atoms with Crippen LogP contribution in [0.25, 0.3) is 0 Å². The summed E-state index contributed by atoms with van der Waals surface area (Å²) in [5, 5.41) is 18.7. The summed E-state index contributed by atoms with van der Waals surface area (Å²) in [5.74, 6) is 5.44. The number of esters is 1. The van der Waals surface area contributed by atoms with Gasteiger partial charge in [-0.25, -0.2) is 4.79 Å². The van der Waals surface area contributed by atoms with Gasteiger partial charge in [0, 0.05) is 6.42 Å². The normalized spacial score (nSPS) is 9.90. The van der Waals surface area contributed by atoms with E-state index in [-0.39, 0.29) is 13.2 Å². The molecule has 4 heteroatoms. The van der Waals surface area contributed by atoms with E-state index in [2.05, 4.69) is 11.8 Å². The van der Waals surface area contributed by atoms with Crippen LogP contribution in [0.15, 0.2) is 12.1 Å². The molecule has 0 radical (unpaired) electrons. The number of benzene rings is 1. The molecule has 1 rings (SSSR count). The van der Waals surface area contributed by atoms with Gasteiger partial charge in [0.2, 0.25) is 0 Å². The lowest BCUT2D eigenvalue weighted by molar-refractivity contribution is 0.0599. The fourth-order valence-electron chi connectivity index (χ4n) is 2.20. The van der Waals surface area contributed by atoms with Crippen LogP contribution in [-0.2, 0) is 24.4 Å². The quantitative estimate of drug-likeness (QED) is 0.459. The monoisotopic (exact) mass is 290 g/mol. The van der Waals surface area contributed by atoms with Crippen molar-refractivity contribution in [2.45, 2.75) is 45.8 Å². The molecule has 0 aliphatic carbocycles. The molecule has 0 saturated carbocycles. The van der Waals surface area contributed by atoms with Gasteiger partial charge >= 0.3 is 5.97 Å². The van der Waals surface area contributed by atoms with E-state index in [1.54, 1.807) is 12.1 Å². The summed E-state index contributed by atoms with van der Waals surface area (Å²) in [5.41, 5.74) is 2.50. The van der Waals surface area contributed by atoms with Crippen molar-refractivity contribution in [2.75, 3.05) is 7.11 Å². The molecule has 2 N–H and O–H groups in total. The maximum Gasteiger partial charge on any atom is 0.338 e. The zero-order valence-corrected chi connectivity index (χ0v) is 12.6. The molecule has 0 unspecified atom stereocenters. The molecule has 0 saturated heterocycles. The fraction of sp³-hybridized carbons (Fsp3) is 0.471. The fourth-order valence-corrected chi connectivity index (χ4v) is 2.20. The second kappa shape index (κ2) is 9.17. The van der Waals surface area contributed by atoms with E-state index in [1.165, 1.54) is 7.11 Å². The summed E-state index contributed by atoms with van der Waals surface area (Å²) in [6.45, 7) is 1.44. The highest BCUT2D eigenvalue weighted by Crippen LogP contribution is 2.21. The lowest BCUT2D eigenvalue weighted by Gasteiger charge is -2.13. The number of aryl methyl sites for hydroxylation is 1. The topological polar surface area (TPSA) is 66.8 Å². The van der Waals surface area contributed by atoms with Crippen LogP contribution in [-0.4, -0.2) is 23.3 Å². The second-order valence-corrected chi connectivity index (χ2v) is 4.72. The standard InChI is InChI=1S/C17H22O4/c1-3-4-5-6-7-8-13-9-14(11-18)15(12-19)10-16(13)17(20)21-2/h9-10,18-19H,5-8,11-12H2,1-2H3. The molecule has 0 aromatic heterocycles. The molecule has 0 atom stereocenters. The molecular formula is C17H22O4. The van der Waals surface area contributed by atoms with Crippen LogP contribution in [0.3, 0.4) is 0 Å². The number of methoxy groups -OCH3 is 1. The molecule has 0 heterocycles. The van der Waals surface area contributed by atoms with Crippen molar-refractivity contribution in [1.29, 1.82) is 0 Å². The molecule has 1 aromatic carbocycles. The van der Waals surface area contributed by atoms with Crippen LogP contribution < -0.4 is 0 Å². The summed E-state index contributed by atoms with van der Waals surface area (Å²) in [6, 6.07) is 3.39. The third kappa shape index (κ3) is 4.89. The average Bonchev–Trinajstić information content (AvgIpc) is 2.53. The van der Waals surface area contributed by atoms with Crippen LogP contribution in [0, 0.1) is 11.8 Å². The van der Waals surface area contributed by atoms with Crippen LogP contribution in [0.1, 0.15) is 53.2 Å². The Morgan fingerprint density at radius 1 is 1.14 bits per heavy atom. The van der Waals surface area contributed by atoms with Crippen LogP contribution >= 0.6 is 0 Å². The Balaban J connectivity index is 2.96. The largest absolute Gasteiger partial charge is 0.465 e. The van der Waals surface area contributed by atoms with Gasteiger partial charge in [-0.15, -0.1) is 11.8 Å². The summed E-state index contributed by atoms with van der Waals surface area (Å²) in [7, 11) is 1.33. The molecular weight excluding hydrogens is 268 g/mol. The van der Waals surface area contributed by atoms with Gasteiger partial charge < -0.3 is 14.9 Å². The van der Waals surface area contributed by atoms with Gasteiger partial charge in [0.25, 0.3) is 0 Å². The van der Waals surface area contributed by atoms with E-state index in [4.69, 9.17) is 4.74 Å². The number of hydrogen-bond donors (Lipinski definition) is 2. The maximum absolute atomic E-state index is 11.8. The third-order valence-corrected chi connectivity index (χ3v) is 3.35. The highest BCUT2D eigenvalue weighted by atomic mass is 16.5. The van der Waals surface area contributed by atoms with Crippen molar-refractivity contribution in [3.63, 3.8) is 0 Å². The van der Waals surface area contributed by atoms with Gasteiger partial charge in [0.05, 0.1) is 25.9 Å². The predicted molar refractivity (Wildman–Crippen MR) is 80.6 cm³/mol. The number of ether oxygens (including phenoxy) is 1. The number of hydrogen-bond acceptors (Lipinski definition) is 4. The van der Waals surface area contributed by atoms with E-state index in [0.29, 0.717) is 23.1 Å².